The van der Waals surface area contributed by atoms with Crippen LogP contribution in [0.5, 0.6) is 0 Å². The molecule has 0 aliphatic heterocycles. The van der Waals surface area contributed by atoms with Gasteiger partial charge in [0.1, 0.15) is 6.04 Å². The molecule has 1 fully saturated rings. The number of amides is 1. The number of hydrogen-bond acceptors (Lipinski definition) is 7. The molecule has 3 atom stereocenters. The predicted octanol–water partition coefficient (Wildman–Crippen LogP) is 2.02. The molecule has 9 nitrogen and oxygen atoms in total. The highest BCUT2D eigenvalue weighted by molar-refractivity contribution is 5.85. The van der Waals surface area contributed by atoms with Gasteiger partial charge in [-0.3, -0.25) is 19.7 Å². The molecule has 1 aromatic rings. The zero-order valence-electron chi connectivity index (χ0n) is 17.0. The Hall–Kier alpha value is -2.97. The van der Waals surface area contributed by atoms with E-state index in [0.29, 0.717) is 12.0 Å². The van der Waals surface area contributed by atoms with Gasteiger partial charge in [-0.05, 0) is 23.3 Å². The molecule has 29 heavy (non-hydrogen) atoms. The van der Waals surface area contributed by atoms with Crippen molar-refractivity contribution >= 4 is 23.5 Å². The molecule has 0 bridgehead atoms. The highest BCUT2D eigenvalue weighted by Crippen LogP contribution is 2.53. The number of nitrogens with zero attached hydrogens (tertiary/aromatic N) is 1. The molecule has 1 aromatic carbocycles. The summed E-state index contributed by atoms with van der Waals surface area (Å²) in [4.78, 5) is 46.7. The number of non-ortho nitro benzene ring substituents is 1. The lowest BCUT2D eigenvalue weighted by atomic mass is 9.54. The molecule has 1 aliphatic carbocycles. The molecule has 1 N–H and O–H groups in total. The third-order valence-corrected chi connectivity index (χ3v) is 5.80. The third kappa shape index (κ3) is 5.10. The van der Waals surface area contributed by atoms with Gasteiger partial charge in [-0.15, -0.1) is 0 Å². The van der Waals surface area contributed by atoms with Crippen molar-refractivity contribution in [3.05, 3.63) is 39.9 Å². The molecule has 1 amide bonds. The van der Waals surface area contributed by atoms with Gasteiger partial charge in [0.25, 0.3) is 5.69 Å². The summed E-state index contributed by atoms with van der Waals surface area (Å²) in [6.45, 7) is 3.84. The van der Waals surface area contributed by atoms with Crippen molar-refractivity contribution in [2.24, 2.45) is 17.3 Å². The minimum Gasteiger partial charge on any atom is -0.469 e. The summed E-state index contributed by atoms with van der Waals surface area (Å²) in [7, 11) is 2.57. The molecule has 1 saturated carbocycles. The topological polar surface area (TPSA) is 125 Å². The fourth-order valence-corrected chi connectivity index (χ4v) is 3.71. The highest BCUT2D eigenvalue weighted by atomic mass is 16.6. The molecular weight excluding hydrogens is 380 g/mol. The van der Waals surface area contributed by atoms with Crippen molar-refractivity contribution in [3.63, 3.8) is 0 Å². The Morgan fingerprint density at radius 3 is 2.31 bits per heavy atom. The van der Waals surface area contributed by atoms with Crippen LogP contribution in [0.15, 0.2) is 24.3 Å². The Bertz CT molecular complexity index is 789. The summed E-state index contributed by atoms with van der Waals surface area (Å²) in [6.07, 6.45) is 0.877. The van der Waals surface area contributed by atoms with Gasteiger partial charge in [0.05, 0.1) is 25.1 Å². The van der Waals surface area contributed by atoms with E-state index in [0.717, 1.165) is 0 Å². The van der Waals surface area contributed by atoms with E-state index in [1.165, 1.54) is 38.5 Å². The predicted molar refractivity (Wildman–Crippen MR) is 103 cm³/mol. The number of esters is 2. The number of ether oxygens (including phenoxy) is 2. The normalized spacial score (nSPS) is 20.7. The quantitative estimate of drug-likeness (QED) is 0.398. The molecule has 0 aromatic heterocycles. The van der Waals surface area contributed by atoms with E-state index in [1.807, 2.05) is 13.8 Å². The summed E-state index contributed by atoms with van der Waals surface area (Å²) in [5.41, 5.74) is 0.227. The standard InChI is InChI=1S/C20H26N2O7/c1-20(2)13(10-15(20)18(24)28-3)11-17(23)21-16(19(25)29-4)9-12-5-7-14(8-6-12)22(26)27/h5-8,13,15-16H,9-11H2,1-4H3,(H,21,23)/t13-,15+,16+/m1/s1. The Morgan fingerprint density at radius 2 is 1.83 bits per heavy atom. The first-order valence-electron chi connectivity index (χ1n) is 9.28. The first-order valence-corrected chi connectivity index (χ1v) is 9.28. The lowest BCUT2D eigenvalue weighted by Gasteiger charge is -2.50. The van der Waals surface area contributed by atoms with Gasteiger partial charge < -0.3 is 14.8 Å². The van der Waals surface area contributed by atoms with Gasteiger partial charge in [-0.25, -0.2) is 4.79 Å². The fourth-order valence-electron chi connectivity index (χ4n) is 3.71. The summed E-state index contributed by atoms with van der Waals surface area (Å²) >= 11 is 0. The van der Waals surface area contributed by atoms with Gasteiger partial charge in [-0.1, -0.05) is 26.0 Å². The second-order valence-electron chi connectivity index (χ2n) is 7.80. The van der Waals surface area contributed by atoms with Crippen LogP contribution in [0.1, 0.15) is 32.3 Å². The minimum atomic E-state index is -0.909. The Kier molecular flexibility index (Phi) is 6.94. The first kappa shape index (κ1) is 22.3. The highest BCUT2D eigenvalue weighted by Gasteiger charge is 2.52. The van der Waals surface area contributed by atoms with E-state index in [-0.39, 0.29) is 47.7 Å². The zero-order chi connectivity index (χ0) is 21.8. The van der Waals surface area contributed by atoms with Crippen molar-refractivity contribution in [3.8, 4) is 0 Å². The molecule has 0 radical (unpaired) electrons. The van der Waals surface area contributed by atoms with Crippen molar-refractivity contribution in [1.29, 1.82) is 0 Å². The number of benzene rings is 1. The SMILES string of the molecule is COC(=O)[C@H](Cc1ccc([N+](=O)[O-])cc1)NC(=O)C[C@H]1C[C@@H](C(=O)OC)C1(C)C. The van der Waals surface area contributed by atoms with E-state index in [2.05, 4.69) is 5.32 Å². The average Bonchev–Trinajstić information content (AvgIpc) is 2.69. The number of nitrogens with one attached hydrogen (secondary N) is 1. The number of nitro benzene ring substituents is 1. The molecule has 1 aliphatic rings. The largest absolute Gasteiger partial charge is 0.469 e. The Morgan fingerprint density at radius 1 is 1.21 bits per heavy atom. The Labute approximate surface area is 168 Å². The van der Waals surface area contributed by atoms with Crippen LogP contribution in [0, 0.1) is 27.4 Å². The average molecular weight is 406 g/mol. The maximum absolute atomic E-state index is 12.5. The monoisotopic (exact) mass is 406 g/mol. The van der Waals surface area contributed by atoms with Crippen LogP contribution < -0.4 is 5.32 Å². The molecular formula is C20H26N2O7. The fraction of sp³-hybridized carbons (Fsp3) is 0.550. The van der Waals surface area contributed by atoms with Gasteiger partial charge in [0.15, 0.2) is 0 Å². The summed E-state index contributed by atoms with van der Waals surface area (Å²) in [5, 5.41) is 13.4. The van der Waals surface area contributed by atoms with Crippen molar-refractivity contribution < 1.29 is 28.8 Å². The maximum atomic E-state index is 12.5. The van der Waals surface area contributed by atoms with Gasteiger partial charge in [0.2, 0.25) is 5.91 Å². The lowest BCUT2D eigenvalue weighted by Crippen LogP contribution is -2.52. The van der Waals surface area contributed by atoms with E-state index >= 15 is 0 Å². The van der Waals surface area contributed by atoms with Gasteiger partial charge in [0, 0.05) is 25.0 Å². The third-order valence-electron chi connectivity index (χ3n) is 5.80. The smallest absolute Gasteiger partial charge is 0.328 e. The number of carbonyl (C=O) groups is 3. The van der Waals surface area contributed by atoms with Crippen LogP contribution in [0.4, 0.5) is 5.69 Å². The van der Waals surface area contributed by atoms with Gasteiger partial charge in [-0.2, -0.15) is 0 Å². The molecule has 0 spiro atoms. The van der Waals surface area contributed by atoms with E-state index in [1.54, 1.807) is 0 Å². The van der Waals surface area contributed by atoms with Crippen molar-refractivity contribution in [2.75, 3.05) is 14.2 Å². The summed E-state index contributed by atoms with van der Waals surface area (Å²) in [5.74, 6) is -1.45. The van der Waals surface area contributed by atoms with Crippen LogP contribution in [0.2, 0.25) is 0 Å². The zero-order valence-corrected chi connectivity index (χ0v) is 17.0. The number of nitro groups is 1. The molecule has 0 unspecified atom stereocenters. The Balaban J connectivity index is 1.99. The maximum Gasteiger partial charge on any atom is 0.328 e. The van der Waals surface area contributed by atoms with Crippen LogP contribution in [-0.4, -0.2) is 43.0 Å². The van der Waals surface area contributed by atoms with E-state index < -0.39 is 16.9 Å². The lowest BCUT2D eigenvalue weighted by molar-refractivity contribution is -0.384. The van der Waals surface area contributed by atoms with E-state index in [4.69, 9.17) is 9.47 Å². The van der Waals surface area contributed by atoms with Crippen molar-refractivity contribution in [2.45, 2.75) is 39.2 Å². The van der Waals surface area contributed by atoms with Gasteiger partial charge >= 0.3 is 11.9 Å². The number of methoxy groups -OCH3 is 2. The number of rotatable bonds is 8. The van der Waals surface area contributed by atoms with Crippen LogP contribution in [-0.2, 0) is 30.3 Å². The molecule has 0 heterocycles. The minimum absolute atomic E-state index is 0.00993. The second-order valence-corrected chi connectivity index (χ2v) is 7.80. The second kappa shape index (κ2) is 9.02. The number of carbonyl (C=O) groups excluding carboxylic acids is 3. The molecule has 9 heteroatoms. The number of hydrogen-bond donors (Lipinski definition) is 1. The first-order chi connectivity index (χ1) is 13.6. The van der Waals surface area contributed by atoms with Crippen LogP contribution in [0.25, 0.3) is 0 Å². The molecule has 0 saturated heterocycles. The van der Waals surface area contributed by atoms with Crippen LogP contribution >= 0.6 is 0 Å². The van der Waals surface area contributed by atoms with Crippen LogP contribution in [0.3, 0.4) is 0 Å². The van der Waals surface area contributed by atoms with E-state index in [9.17, 15) is 24.5 Å². The summed E-state index contributed by atoms with van der Waals surface area (Å²) in [6, 6.07) is 4.85. The van der Waals surface area contributed by atoms with Crippen molar-refractivity contribution in [1.82, 2.24) is 5.32 Å². The summed E-state index contributed by atoms with van der Waals surface area (Å²) < 4.78 is 9.57. The molecule has 2 rings (SSSR count). The molecule has 158 valence electrons.